The summed E-state index contributed by atoms with van der Waals surface area (Å²) >= 11 is 3.39. The van der Waals surface area contributed by atoms with Gasteiger partial charge in [-0.05, 0) is 59.7 Å². The van der Waals surface area contributed by atoms with Gasteiger partial charge in [-0.1, -0.05) is 12.1 Å². The molecule has 124 valence electrons. The van der Waals surface area contributed by atoms with E-state index in [1.807, 2.05) is 18.2 Å². The highest BCUT2D eigenvalue weighted by atomic mass is 79.9. The van der Waals surface area contributed by atoms with Crippen LogP contribution in [0, 0.1) is 5.92 Å². The fraction of sp³-hybridized carbons (Fsp3) is 0.529. The fourth-order valence-electron chi connectivity index (χ4n) is 3.06. The summed E-state index contributed by atoms with van der Waals surface area (Å²) in [5.41, 5.74) is 0.635. The van der Waals surface area contributed by atoms with Gasteiger partial charge in [0, 0.05) is 23.1 Å². The molecule has 0 saturated heterocycles. The molecule has 5 nitrogen and oxygen atoms in total. The number of hydrogen-bond donors (Lipinski definition) is 2. The maximum Gasteiger partial charge on any atom is 0.317 e. The normalized spacial score (nSPS) is 23.4. The molecule has 0 unspecified atom stereocenters. The van der Waals surface area contributed by atoms with Gasteiger partial charge in [-0.2, -0.15) is 0 Å². The van der Waals surface area contributed by atoms with Gasteiger partial charge >= 0.3 is 5.97 Å². The quantitative estimate of drug-likeness (QED) is 0.762. The first-order chi connectivity index (χ1) is 11.0. The van der Waals surface area contributed by atoms with Gasteiger partial charge in [-0.3, -0.25) is 14.5 Å². The van der Waals surface area contributed by atoms with Crippen molar-refractivity contribution in [2.75, 3.05) is 13.1 Å². The van der Waals surface area contributed by atoms with Crippen molar-refractivity contribution in [1.29, 1.82) is 0 Å². The summed E-state index contributed by atoms with van der Waals surface area (Å²) in [6.07, 6.45) is 4.09. The van der Waals surface area contributed by atoms with Gasteiger partial charge < -0.3 is 10.4 Å². The molecule has 23 heavy (non-hydrogen) atoms. The van der Waals surface area contributed by atoms with Crippen molar-refractivity contribution >= 4 is 27.8 Å². The Hall–Kier alpha value is -1.40. The van der Waals surface area contributed by atoms with Gasteiger partial charge in [-0.25, -0.2) is 0 Å². The molecule has 0 aliphatic heterocycles. The molecule has 0 bridgehead atoms. The molecule has 2 N–H and O–H groups in total. The van der Waals surface area contributed by atoms with E-state index in [2.05, 4.69) is 26.1 Å². The molecule has 2 aliphatic carbocycles. The van der Waals surface area contributed by atoms with E-state index in [0.29, 0.717) is 11.5 Å². The van der Waals surface area contributed by atoms with Crippen molar-refractivity contribution in [2.45, 2.75) is 37.8 Å². The van der Waals surface area contributed by atoms with Gasteiger partial charge in [0.1, 0.15) is 0 Å². The number of carboxylic acid groups (broad SMARTS) is 1. The Morgan fingerprint density at radius 2 is 1.96 bits per heavy atom. The van der Waals surface area contributed by atoms with Crippen molar-refractivity contribution in [1.82, 2.24) is 10.2 Å². The van der Waals surface area contributed by atoms with Crippen LogP contribution in [0.1, 0.15) is 36.0 Å². The van der Waals surface area contributed by atoms with Crippen molar-refractivity contribution < 1.29 is 14.7 Å². The molecule has 2 saturated carbocycles. The molecule has 0 heterocycles. The zero-order chi connectivity index (χ0) is 16.4. The highest BCUT2D eigenvalue weighted by Crippen LogP contribution is 2.34. The molecule has 2 fully saturated rings. The van der Waals surface area contributed by atoms with Crippen LogP contribution in [0.3, 0.4) is 0 Å². The van der Waals surface area contributed by atoms with Crippen LogP contribution in [0.2, 0.25) is 0 Å². The molecule has 0 atom stereocenters. The first-order valence-corrected chi connectivity index (χ1v) is 8.83. The molecule has 1 aromatic rings. The average Bonchev–Trinajstić information content (AvgIpc) is 3.25. The Kier molecular flexibility index (Phi) is 5.02. The van der Waals surface area contributed by atoms with Crippen LogP contribution >= 0.6 is 15.9 Å². The van der Waals surface area contributed by atoms with Gasteiger partial charge in [-0.15, -0.1) is 0 Å². The zero-order valence-electron chi connectivity index (χ0n) is 12.9. The first kappa shape index (κ1) is 16.5. The Morgan fingerprint density at radius 3 is 2.57 bits per heavy atom. The third-order valence-electron chi connectivity index (χ3n) is 4.61. The third kappa shape index (κ3) is 4.32. The minimum Gasteiger partial charge on any atom is -0.480 e. The number of carbonyl (C=O) groups is 2. The summed E-state index contributed by atoms with van der Waals surface area (Å²) in [6.45, 7) is 0.980. The predicted molar refractivity (Wildman–Crippen MR) is 90.4 cm³/mol. The molecule has 0 aromatic heterocycles. The van der Waals surface area contributed by atoms with E-state index in [-0.39, 0.29) is 24.5 Å². The standard InChI is InChI=1S/C17H21BrN2O3/c18-15-4-2-1-3-14(15)17(23)19-12-7-13(8-12)20(10-16(21)22)9-11-5-6-11/h1-4,11-13H,5-10H2,(H,19,23)(H,21,22). The molecule has 0 spiro atoms. The summed E-state index contributed by atoms with van der Waals surface area (Å²) < 4.78 is 0.787. The second-order valence-corrected chi connectivity index (χ2v) is 7.40. The lowest BCUT2D eigenvalue weighted by atomic mass is 9.85. The van der Waals surface area contributed by atoms with Crippen molar-refractivity contribution in [2.24, 2.45) is 5.92 Å². The van der Waals surface area contributed by atoms with Crippen LogP contribution in [0.15, 0.2) is 28.7 Å². The zero-order valence-corrected chi connectivity index (χ0v) is 14.5. The number of halogens is 1. The highest BCUT2D eigenvalue weighted by molar-refractivity contribution is 9.10. The molecule has 1 aromatic carbocycles. The molecular weight excluding hydrogens is 360 g/mol. The Morgan fingerprint density at radius 1 is 1.26 bits per heavy atom. The van der Waals surface area contributed by atoms with Crippen LogP contribution < -0.4 is 5.32 Å². The van der Waals surface area contributed by atoms with E-state index in [0.717, 1.165) is 23.9 Å². The maximum atomic E-state index is 12.3. The highest BCUT2D eigenvalue weighted by Gasteiger charge is 2.37. The van der Waals surface area contributed by atoms with E-state index in [9.17, 15) is 9.59 Å². The number of amides is 1. The molecule has 1 amide bonds. The number of hydrogen-bond acceptors (Lipinski definition) is 3. The second-order valence-electron chi connectivity index (χ2n) is 6.54. The smallest absolute Gasteiger partial charge is 0.317 e. The van der Waals surface area contributed by atoms with Gasteiger partial charge in [0.15, 0.2) is 0 Å². The van der Waals surface area contributed by atoms with E-state index >= 15 is 0 Å². The molecule has 2 aliphatic rings. The SMILES string of the molecule is O=C(O)CN(CC1CC1)C1CC(NC(=O)c2ccccc2Br)C1. The predicted octanol–water partition coefficient (Wildman–Crippen LogP) is 2.51. The summed E-state index contributed by atoms with van der Waals surface area (Å²) in [5, 5.41) is 12.1. The molecule has 6 heteroatoms. The van der Waals surface area contributed by atoms with Crippen molar-refractivity contribution in [3.63, 3.8) is 0 Å². The second kappa shape index (κ2) is 7.01. The summed E-state index contributed by atoms with van der Waals surface area (Å²) in [6, 6.07) is 7.77. The van der Waals surface area contributed by atoms with Gasteiger partial charge in [0.05, 0.1) is 12.1 Å². The molecular formula is C17H21BrN2O3. The minimum atomic E-state index is -0.772. The Labute approximate surface area is 144 Å². The number of benzene rings is 1. The largest absolute Gasteiger partial charge is 0.480 e. The number of nitrogens with one attached hydrogen (secondary N) is 1. The van der Waals surface area contributed by atoms with Crippen LogP contribution in [-0.4, -0.2) is 47.1 Å². The van der Waals surface area contributed by atoms with Crippen molar-refractivity contribution in [3.8, 4) is 0 Å². The number of nitrogens with zero attached hydrogens (tertiary/aromatic N) is 1. The Bertz CT molecular complexity index is 597. The first-order valence-electron chi connectivity index (χ1n) is 8.04. The fourth-order valence-corrected chi connectivity index (χ4v) is 3.53. The van der Waals surface area contributed by atoms with Crippen LogP contribution in [-0.2, 0) is 4.79 Å². The maximum absolute atomic E-state index is 12.3. The summed E-state index contributed by atoms with van der Waals surface area (Å²) in [5.74, 6) is -0.178. The summed E-state index contributed by atoms with van der Waals surface area (Å²) in [7, 11) is 0. The van der Waals surface area contributed by atoms with Crippen LogP contribution in [0.5, 0.6) is 0 Å². The third-order valence-corrected chi connectivity index (χ3v) is 5.30. The lowest BCUT2D eigenvalue weighted by Gasteiger charge is -2.42. The van der Waals surface area contributed by atoms with Crippen LogP contribution in [0.4, 0.5) is 0 Å². The van der Waals surface area contributed by atoms with Gasteiger partial charge in [0.25, 0.3) is 5.91 Å². The minimum absolute atomic E-state index is 0.0760. The lowest BCUT2D eigenvalue weighted by Crippen LogP contribution is -2.55. The number of aliphatic carboxylic acids is 1. The monoisotopic (exact) mass is 380 g/mol. The Balaban J connectivity index is 1.50. The van der Waals surface area contributed by atoms with E-state index in [1.165, 1.54) is 12.8 Å². The van der Waals surface area contributed by atoms with E-state index in [4.69, 9.17) is 5.11 Å². The number of rotatable bonds is 7. The van der Waals surface area contributed by atoms with E-state index in [1.54, 1.807) is 6.07 Å². The average molecular weight is 381 g/mol. The number of carboxylic acids is 1. The molecule has 0 radical (unpaired) electrons. The van der Waals surface area contributed by atoms with E-state index < -0.39 is 5.97 Å². The van der Waals surface area contributed by atoms with Crippen molar-refractivity contribution in [3.05, 3.63) is 34.3 Å². The van der Waals surface area contributed by atoms with Gasteiger partial charge in [0.2, 0.25) is 0 Å². The molecule has 3 rings (SSSR count). The van der Waals surface area contributed by atoms with Crippen LogP contribution in [0.25, 0.3) is 0 Å². The topological polar surface area (TPSA) is 69.6 Å². The summed E-state index contributed by atoms with van der Waals surface area (Å²) in [4.78, 5) is 25.4. The number of carbonyl (C=O) groups excluding carboxylic acids is 1. The lowest BCUT2D eigenvalue weighted by molar-refractivity contribution is -0.139.